The van der Waals surface area contributed by atoms with Crippen molar-refractivity contribution in [1.29, 1.82) is 5.26 Å². The van der Waals surface area contributed by atoms with E-state index < -0.39 is 16.6 Å². The van der Waals surface area contributed by atoms with Crippen molar-refractivity contribution < 1.29 is 24.3 Å². The SMILES string of the molecule is COc1ccc(C=C(C#N)C(=O)Nc2ccc([N+](=O)[O-])cc2O)cc1OC. The summed E-state index contributed by atoms with van der Waals surface area (Å²) < 4.78 is 10.3. The molecule has 0 aliphatic carbocycles. The minimum Gasteiger partial charge on any atom is -0.506 e. The van der Waals surface area contributed by atoms with Crippen LogP contribution in [0.1, 0.15) is 5.56 Å². The summed E-state index contributed by atoms with van der Waals surface area (Å²) in [5.74, 6) is -0.345. The summed E-state index contributed by atoms with van der Waals surface area (Å²) in [7, 11) is 2.94. The summed E-state index contributed by atoms with van der Waals surface area (Å²) in [5.41, 5.74) is -0.0989. The lowest BCUT2D eigenvalue weighted by Crippen LogP contribution is -2.13. The van der Waals surface area contributed by atoms with Crippen LogP contribution in [0, 0.1) is 21.4 Å². The molecule has 0 spiro atoms. The molecule has 27 heavy (non-hydrogen) atoms. The Balaban J connectivity index is 2.27. The highest BCUT2D eigenvalue weighted by Gasteiger charge is 2.15. The van der Waals surface area contributed by atoms with Crippen LogP contribution in [0.15, 0.2) is 42.0 Å². The number of phenolic OH excluding ortho intramolecular Hbond substituents is 1. The summed E-state index contributed by atoms with van der Waals surface area (Å²) in [6.07, 6.45) is 1.33. The van der Waals surface area contributed by atoms with Crippen LogP contribution in [-0.2, 0) is 4.79 Å². The topological polar surface area (TPSA) is 135 Å². The van der Waals surface area contributed by atoms with Gasteiger partial charge in [0.15, 0.2) is 11.5 Å². The Kier molecular flexibility index (Phi) is 5.96. The fourth-order valence-electron chi connectivity index (χ4n) is 2.19. The predicted molar refractivity (Wildman–Crippen MR) is 96.5 cm³/mol. The number of ether oxygens (including phenoxy) is 2. The number of phenols is 1. The molecule has 9 nitrogen and oxygen atoms in total. The van der Waals surface area contributed by atoms with Crippen LogP contribution in [0.2, 0.25) is 0 Å². The molecule has 2 rings (SSSR count). The molecule has 2 aromatic carbocycles. The van der Waals surface area contributed by atoms with Gasteiger partial charge in [0.2, 0.25) is 0 Å². The number of aromatic hydroxyl groups is 1. The number of amides is 1. The number of nitrogens with one attached hydrogen (secondary N) is 1. The van der Waals surface area contributed by atoms with Crippen LogP contribution in [0.4, 0.5) is 11.4 Å². The Morgan fingerprint density at radius 2 is 1.93 bits per heavy atom. The first-order chi connectivity index (χ1) is 12.9. The molecule has 2 aromatic rings. The first kappa shape index (κ1) is 19.3. The van der Waals surface area contributed by atoms with Gasteiger partial charge >= 0.3 is 0 Å². The molecule has 0 heterocycles. The molecule has 0 aliphatic rings. The van der Waals surface area contributed by atoms with Crippen molar-refractivity contribution in [2.24, 2.45) is 0 Å². The molecule has 0 saturated carbocycles. The van der Waals surface area contributed by atoms with Gasteiger partial charge in [-0.25, -0.2) is 0 Å². The maximum Gasteiger partial charge on any atom is 0.273 e. The van der Waals surface area contributed by atoms with E-state index >= 15 is 0 Å². The van der Waals surface area contributed by atoms with Gasteiger partial charge in [-0.2, -0.15) is 5.26 Å². The van der Waals surface area contributed by atoms with E-state index in [9.17, 15) is 25.3 Å². The van der Waals surface area contributed by atoms with Crippen molar-refractivity contribution in [3.8, 4) is 23.3 Å². The Morgan fingerprint density at radius 3 is 2.48 bits per heavy atom. The van der Waals surface area contributed by atoms with Crippen LogP contribution < -0.4 is 14.8 Å². The van der Waals surface area contributed by atoms with Gasteiger partial charge in [-0.05, 0) is 29.8 Å². The maximum absolute atomic E-state index is 12.3. The zero-order valence-electron chi connectivity index (χ0n) is 14.4. The first-order valence-corrected chi connectivity index (χ1v) is 7.52. The molecule has 2 N–H and O–H groups in total. The van der Waals surface area contributed by atoms with Crippen LogP contribution in [0.25, 0.3) is 6.08 Å². The normalized spacial score (nSPS) is 10.6. The fourth-order valence-corrected chi connectivity index (χ4v) is 2.19. The zero-order chi connectivity index (χ0) is 20.0. The van der Waals surface area contributed by atoms with Gasteiger partial charge in [0.05, 0.1) is 30.9 Å². The molecule has 0 aromatic heterocycles. The number of hydrogen-bond donors (Lipinski definition) is 2. The lowest BCUT2D eigenvalue weighted by Gasteiger charge is -2.09. The van der Waals surface area contributed by atoms with Crippen LogP contribution >= 0.6 is 0 Å². The number of methoxy groups -OCH3 is 2. The number of nitro groups is 1. The molecule has 0 aliphatic heterocycles. The lowest BCUT2D eigenvalue weighted by atomic mass is 10.1. The van der Waals surface area contributed by atoms with Gasteiger partial charge in [0.1, 0.15) is 17.4 Å². The number of hydrogen-bond acceptors (Lipinski definition) is 7. The number of nitriles is 1. The molecule has 138 valence electrons. The molecule has 0 saturated heterocycles. The average molecular weight is 369 g/mol. The van der Waals surface area contributed by atoms with E-state index in [1.165, 1.54) is 26.4 Å². The highest BCUT2D eigenvalue weighted by Crippen LogP contribution is 2.30. The zero-order valence-corrected chi connectivity index (χ0v) is 14.4. The highest BCUT2D eigenvalue weighted by atomic mass is 16.6. The van der Waals surface area contributed by atoms with Crippen molar-refractivity contribution >= 4 is 23.4 Å². The molecule has 0 unspecified atom stereocenters. The first-order valence-electron chi connectivity index (χ1n) is 7.52. The second-order valence-electron chi connectivity index (χ2n) is 5.20. The molecular weight excluding hydrogens is 354 g/mol. The Bertz CT molecular complexity index is 962. The number of nitro benzene ring substituents is 1. The van der Waals surface area contributed by atoms with Gasteiger partial charge in [0.25, 0.3) is 11.6 Å². The van der Waals surface area contributed by atoms with E-state index in [1.807, 2.05) is 0 Å². The third-order valence-electron chi connectivity index (χ3n) is 3.52. The lowest BCUT2D eigenvalue weighted by molar-refractivity contribution is -0.384. The van der Waals surface area contributed by atoms with Crippen molar-refractivity contribution in [2.75, 3.05) is 19.5 Å². The summed E-state index contributed by atoms with van der Waals surface area (Å²) in [4.78, 5) is 22.3. The van der Waals surface area contributed by atoms with Crippen LogP contribution in [0.3, 0.4) is 0 Å². The van der Waals surface area contributed by atoms with E-state index in [-0.39, 0.29) is 16.9 Å². The Labute approximate surface area is 154 Å². The molecular formula is C18H15N3O6. The second-order valence-corrected chi connectivity index (χ2v) is 5.20. The number of rotatable bonds is 6. The maximum atomic E-state index is 12.3. The van der Waals surface area contributed by atoms with Crippen molar-refractivity contribution in [1.82, 2.24) is 0 Å². The summed E-state index contributed by atoms with van der Waals surface area (Å²) in [6, 6.07) is 9.83. The van der Waals surface area contributed by atoms with Crippen molar-refractivity contribution in [2.45, 2.75) is 0 Å². The number of non-ortho nitro benzene ring substituents is 1. The van der Waals surface area contributed by atoms with Crippen molar-refractivity contribution in [3.05, 3.63) is 57.6 Å². The van der Waals surface area contributed by atoms with E-state index in [4.69, 9.17) is 9.47 Å². The third-order valence-corrected chi connectivity index (χ3v) is 3.52. The summed E-state index contributed by atoms with van der Waals surface area (Å²) in [6.45, 7) is 0. The Hall–Kier alpha value is -4.06. The van der Waals surface area contributed by atoms with Gasteiger partial charge in [-0.3, -0.25) is 14.9 Å². The fraction of sp³-hybridized carbons (Fsp3) is 0.111. The minimum atomic E-state index is -0.781. The molecule has 0 radical (unpaired) electrons. The number of carbonyl (C=O) groups excluding carboxylic acids is 1. The standard InChI is InChI=1S/C18H15N3O6/c1-26-16-6-3-11(8-17(16)27-2)7-12(10-19)18(23)20-14-5-4-13(21(24)25)9-15(14)22/h3-9,22H,1-2H3,(H,20,23). The number of nitrogens with zero attached hydrogens (tertiary/aromatic N) is 2. The van der Waals surface area contributed by atoms with E-state index in [1.54, 1.807) is 24.3 Å². The van der Waals surface area contributed by atoms with Crippen molar-refractivity contribution in [3.63, 3.8) is 0 Å². The number of anilines is 1. The molecule has 9 heteroatoms. The van der Waals surface area contributed by atoms with Gasteiger partial charge in [-0.1, -0.05) is 6.07 Å². The van der Waals surface area contributed by atoms with Crippen LogP contribution in [-0.4, -0.2) is 30.2 Å². The molecule has 0 fully saturated rings. The summed E-state index contributed by atoms with van der Waals surface area (Å²) in [5, 5.41) is 32.1. The van der Waals surface area contributed by atoms with Gasteiger partial charge < -0.3 is 19.9 Å². The van der Waals surface area contributed by atoms with E-state index in [0.29, 0.717) is 17.1 Å². The quantitative estimate of drug-likeness (QED) is 0.263. The Morgan fingerprint density at radius 1 is 1.22 bits per heavy atom. The minimum absolute atomic E-state index is 0.0564. The van der Waals surface area contributed by atoms with Gasteiger partial charge in [0, 0.05) is 6.07 Å². The molecule has 1 amide bonds. The second kappa shape index (κ2) is 8.35. The predicted octanol–water partition coefficient (Wildman–Crippen LogP) is 2.86. The molecule has 0 bridgehead atoms. The van der Waals surface area contributed by atoms with Crippen LogP contribution in [0.5, 0.6) is 17.2 Å². The molecule has 0 atom stereocenters. The largest absolute Gasteiger partial charge is 0.506 e. The monoisotopic (exact) mass is 369 g/mol. The smallest absolute Gasteiger partial charge is 0.273 e. The van der Waals surface area contributed by atoms with E-state index in [0.717, 1.165) is 12.1 Å². The third kappa shape index (κ3) is 4.52. The van der Waals surface area contributed by atoms with E-state index in [2.05, 4.69) is 5.32 Å². The summed E-state index contributed by atoms with van der Waals surface area (Å²) >= 11 is 0. The number of benzene rings is 2. The van der Waals surface area contributed by atoms with Gasteiger partial charge in [-0.15, -0.1) is 0 Å². The average Bonchev–Trinajstić information content (AvgIpc) is 2.67. The highest BCUT2D eigenvalue weighted by molar-refractivity contribution is 6.10. The number of carbonyl (C=O) groups is 1.